The van der Waals surface area contributed by atoms with Gasteiger partial charge in [0.05, 0.1) is 45.5 Å². The number of anilines is 8. The van der Waals surface area contributed by atoms with E-state index in [1.807, 2.05) is 48.5 Å². The summed E-state index contributed by atoms with van der Waals surface area (Å²) in [6.07, 6.45) is 0. The minimum atomic E-state index is 0.132. The van der Waals surface area contributed by atoms with E-state index >= 15 is 0 Å². The van der Waals surface area contributed by atoms with E-state index in [1.54, 1.807) is 0 Å². The van der Waals surface area contributed by atoms with Crippen molar-refractivity contribution in [2.24, 2.45) is 0 Å². The third-order valence-corrected chi connectivity index (χ3v) is 9.90. The van der Waals surface area contributed by atoms with Gasteiger partial charge in [-0.05, 0) is 53.9 Å². The Balaban J connectivity index is 1.95. The Morgan fingerprint density at radius 3 is 0.560 bits per heavy atom. The molecule has 0 fully saturated rings. The van der Waals surface area contributed by atoms with Crippen molar-refractivity contribution in [1.29, 1.82) is 0 Å². The Morgan fingerprint density at radius 2 is 0.340 bits per heavy atom. The molecular formula is C42H36N8. The summed E-state index contributed by atoms with van der Waals surface area (Å²) in [5.74, 6) is 0. The van der Waals surface area contributed by atoms with E-state index in [0.29, 0.717) is 21.5 Å². The van der Waals surface area contributed by atoms with Crippen molar-refractivity contribution in [1.82, 2.24) is 0 Å². The number of hydrogen-bond acceptors (Lipinski definition) is 8. The first-order chi connectivity index (χ1) is 24.2. The van der Waals surface area contributed by atoms with Crippen LogP contribution >= 0.6 is 0 Å². The lowest BCUT2D eigenvalue weighted by Crippen LogP contribution is -2.08. The molecule has 0 bridgehead atoms. The van der Waals surface area contributed by atoms with Crippen LogP contribution in [-0.4, -0.2) is 0 Å². The Labute approximate surface area is 287 Å². The first-order valence-electron chi connectivity index (χ1n) is 16.2. The number of nitrogens with two attached hydrogens (primary N) is 8. The second-order valence-corrected chi connectivity index (χ2v) is 12.5. The molecule has 0 aliphatic heterocycles. The lowest BCUT2D eigenvalue weighted by Gasteiger charge is -2.19. The monoisotopic (exact) mass is 652 g/mol. The molecule has 50 heavy (non-hydrogen) atoms. The molecule has 0 aliphatic rings. The molecule has 0 unspecified atom stereocenters. The second kappa shape index (κ2) is 11.3. The van der Waals surface area contributed by atoms with Gasteiger partial charge in [0.25, 0.3) is 0 Å². The molecule has 0 atom stereocenters. The zero-order valence-electron chi connectivity index (χ0n) is 27.2. The summed E-state index contributed by atoms with van der Waals surface area (Å²) in [6, 6.07) is 41.1. The van der Waals surface area contributed by atoms with Crippen LogP contribution in [0.3, 0.4) is 0 Å². The van der Waals surface area contributed by atoms with Gasteiger partial charge in [-0.2, -0.15) is 0 Å². The van der Waals surface area contributed by atoms with Gasteiger partial charge in [0.2, 0.25) is 0 Å². The first kappa shape index (κ1) is 30.3. The fourth-order valence-corrected chi connectivity index (χ4v) is 7.47. The molecule has 0 saturated heterocycles. The molecule has 0 radical (unpaired) electrons. The molecule has 0 aliphatic carbocycles. The van der Waals surface area contributed by atoms with Crippen LogP contribution in [0.25, 0.3) is 75.4 Å². The summed E-state index contributed by atoms with van der Waals surface area (Å²) in [4.78, 5) is 0. The van der Waals surface area contributed by atoms with Crippen LogP contribution in [0.1, 0.15) is 0 Å². The summed E-state index contributed by atoms with van der Waals surface area (Å²) in [6.45, 7) is 0. The summed E-state index contributed by atoms with van der Waals surface area (Å²) in [5.41, 5.74) is 56.0. The van der Waals surface area contributed by atoms with Crippen LogP contribution < -0.4 is 45.9 Å². The van der Waals surface area contributed by atoms with E-state index in [1.165, 1.54) is 0 Å². The average Bonchev–Trinajstić information content (AvgIpc) is 3.16. The van der Waals surface area contributed by atoms with Crippen molar-refractivity contribution in [3.8, 4) is 0 Å². The lowest BCUT2D eigenvalue weighted by molar-refractivity contribution is 1.68. The molecule has 0 heterocycles. The molecule has 8 rings (SSSR count). The largest absolute Gasteiger partial charge is 0.396 e. The number of fused-ring (bicyclic) bond motifs is 14. The van der Waals surface area contributed by atoms with Crippen molar-refractivity contribution < 1.29 is 0 Å². The highest BCUT2D eigenvalue weighted by molar-refractivity contribution is 6.36. The standard InChI is InChI=1S/C42H36N8/c43-35-31-29-19-9-7-17-27(29)25-15-5-3-13-23(25)21-11-1-2-12-22(21)24-14-4-6-16-26(24)28-18-8-10-20-30(28)32-34(33(31)37(45)41(49)39(35)47)38(46)42(50)40(48)36(32)44/h1-20H,43-50H2. The predicted molar refractivity (Wildman–Crippen MR) is 220 cm³/mol. The zero-order valence-corrected chi connectivity index (χ0v) is 27.2. The average molecular weight is 653 g/mol. The van der Waals surface area contributed by atoms with E-state index in [9.17, 15) is 0 Å². The van der Waals surface area contributed by atoms with E-state index in [2.05, 4.69) is 72.8 Å². The molecule has 0 saturated carbocycles. The maximum absolute atomic E-state index is 7.01. The lowest BCUT2D eigenvalue weighted by atomic mass is 9.91. The molecular weight excluding hydrogens is 617 g/mol. The van der Waals surface area contributed by atoms with Crippen LogP contribution in [-0.2, 0) is 0 Å². The topological polar surface area (TPSA) is 208 Å². The first-order valence-corrected chi connectivity index (χ1v) is 16.2. The molecule has 16 N–H and O–H groups in total. The van der Waals surface area contributed by atoms with E-state index in [4.69, 9.17) is 45.9 Å². The molecule has 0 aromatic heterocycles. The molecule has 0 amide bonds. The number of benzene rings is 7. The summed E-state index contributed by atoms with van der Waals surface area (Å²) >= 11 is 0. The number of nitrogen functional groups attached to an aromatic ring is 8. The molecule has 0 spiro atoms. The quantitative estimate of drug-likeness (QED) is 0.0741. The Morgan fingerprint density at radius 1 is 0.180 bits per heavy atom. The van der Waals surface area contributed by atoms with Gasteiger partial charge in [-0.25, -0.2) is 0 Å². The fraction of sp³-hybridized carbons (Fsp3) is 0. The zero-order chi connectivity index (χ0) is 34.8. The maximum Gasteiger partial charge on any atom is 0.0809 e. The molecule has 244 valence electrons. The SMILES string of the molecule is Nc1c(N)c(N)c2c(c1N)c1ccccc1c1ccccc1c1ccccc1c1ccccc1c1ccccc1c1c(N)c(N)c(N)c(N)c12. The van der Waals surface area contributed by atoms with Gasteiger partial charge in [0, 0.05) is 21.5 Å². The molecule has 8 aromatic carbocycles. The van der Waals surface area contributed by atoms with Gasteiger partial charge in [-0.15, -0.1) is 0 Å². The van der Waals surface area contributed by atoms with E-state index in [-0.39, 0.29) is 45.5 Å². The van der Waals surface area contributed by atoms with Crippen LogP contribution in [0.2, 0.25) is 0 Å². The van der Waals surface area contributed by atoms with Gasteiger partial charge >= 0.3 is 0 Å². The normalized spacial score (nSPS) is 11.4. The molecule has 8 nitrogen and oxygen atoms in total. The Hall–Kier alpha value is -7.06. The van der Waals surface area contributed by atoms with Gasteiger partial charge < -0.3 is 45.9 Å². The van der Waals surface area contributed by atoms with Crippen molar-refractivity contribution in [3.63, 3.8) is 0 Å². The minimum Gasteiger partial charge on any atom is -0.396 e. The molecule has 8 aromatic rings. The Kier molecular flexibility index (Phi) is 6.83. The highest BCUT2D eigenvalue weighted by Gasteiger charge is 2.21. The number of hydrogen-bond donors (Lipinski definition) is 8. The van der Waals surface area contributed by atoms with E-state index in [0.717, 1.165) is 53.9 Å². The summed E-state index contributed by atoms with van der Waals surface area (Å²) in [7, 11) is 0. The van der Waals surface area contributed by atoms with Gasteiger partial charge in [0.1, 0.15) is 0 Å². The van der Waals surface area contributed by atoms with Gasteiger partial charge in [0.15, 0.2) is 0 Å². The van der Waals surface area contributed by atoms with Crippen LogP contribution in [0.5, 0.6) is 0 Å². The maximum atomic E-state index is 7.01. The second-order valence-electron chi connectivity index (χ2n) is 12.5. The Bertz CT molecular complexity index is 2720. The third kappa shape index (κ3) is 4.25. The van der Waals surface area contributed by atoms with Crippen LogP contribution in [0.15, 0.2) is 121 Å². The van der Waals surface area contributed by atoms with Gasteiger partial charge in [-0.3, -0.25) is 0 Å². The minimum absolute atomic E-state index is 0.132. The van der Waals surface area contributed by atoms with Crippen molar-refractivity contribution in [2.75, 3.05) is 45.9 Å². The van der Waals surface area contributed by atoms with Gasteiger partial charge in [-0.1, -0.05) is 121 Å². The third-order valence-electron chi connectivity index (χ3n) is 9.90. The summed E-state index contributed by atoms with van der Waals surface area (Å²) < 4.78 is 0. The van der Waals surface area contributed by atoms with Crippen molar-refractivity contribution in [3.05, 3.63) is 121 Å². The molecule has 8 heteroatoms. The fourth-order valence-electron chi connectivity index (χ4n) is 7.47. The van der Waals surface area contributed by atoms with Crippen molar-refractivity contribution in [2.45, 2.75) is 0 Å². The summed E-state index contributed by atoms with van der Waals surface area (Å²) in [5, 5.41) is 11.5. The van der Waals surface area contributed by atoms with Crippen LogP contribution in [0.4, 0.5) is 45.5 Å². The van der Waals surface area contributed by atoms with Crippen LogP contribution in [0, 0.1) is 0 Å². The van der Waals surface area contributed by atoms with E-state index < -0.39 is 0 Å². The highest BCUT2D eigenvalue weighted by atomic mass is 14.8. The smallest absolute Gasteiger partial charge is 0.0809 e. The number of rotatable bonds is 0. The highest BCUT2D eigenvalue weighted by Crippen LogP contribution is 2.49. The predicted octanol–water partition coefficient (Wildman–Crippen LogP) is 8.67. The van der Waals surface area contributed by atoms with Crippen molar-refractivity contribution >= 4 is 121 Å².